The lowest BCUT2D eigenvalue weighted by atomic mass is 10.00. The van der Waals surface area contributed by atoms with Gasteiger partial charge >= 0.3 is 6.03 Å². The van der Waals surface area contributed by atoms with E-state index in [1.54, 1.807) is 0 Å². The van der Waals surface area contributed by atoms with Gasteiger partial charge in [-0.2, -0.15) is 0 Å². The van der Waals surface area contributed by atoms with Crippen LogP contribution in [0.5, 0.6) is 5.75 Å². The number of ether oxygens (including phenoxy) is 1. The van der Waals surface area contributed by atoms with Gasteiger partial charge in [0, 0.05) is 13.1 Å². The van der Waals surface area contributed by atoms with E-state index in [1.165, 1.54) is 11.1 Å². The molecule has 0 spiro atoms. The molecular formula is C17H26N2O2. The number of likely N-dealkylation sites (tertiary alicyclic amines) is 1. The zero-order valence-electron chi connectivity index (χ0n) is 13.3. The molecule has 116 valence electrons. The van der Waals surface area contributed by atoms with Crippen molar-refractivity contribution in [2.24, 2.45) is 5.92 Å². The maximum Gasteiger partial charge on any atom is 0.317 e. The second-order valence-corrected chi connectivity index (χ2v) is 6.00. The summed E-state index contributed by atoms with van der Waals surface area (Å²) in [5, 5.41) is 2.93. The molecule has 0 saturated carbocycles. The Balaban J connectivity index is 1.67. The van der Waals surface area contributed by atoms with Gasteiger partial charge < -0.3 is 15.0 Å². The van der Waals surface area contributed by atoms with Crippen LogP contribution in [0.25, 0.3) is 0 Å². The molecule has 4 nitrogen and oxygen atoms in total. The van der Waals surface area contributed by atoms with E-state index in [9.17, 15) is 4.79 Å². The molecule has 0 aromatic heterocycles. The third-order valence-electron chi connectivity index (χ3n) is 4.20. The second-order valence-electron chi connectivity index (χ2n) is 6.00. The van der Waals surface area contributed by atoms with Crippen LogP contribution in [0.2, 0.25) is 0 Å². The van der Waals surface area contributed by atoms with Crippen molar-refractivity contribution in [3.63, 3.8) is 0 Å². The minimum atomic E-state index is 0.0330. The molecule has 0 atom stereocenters. The van der Waals surface area contributed by atoms with Crippen LogP contribution in [0, 0.1) is 19.8 Å². The Morgan fingerprint density at radius 2 is 2.00 bits per heavy atom. The highest BCUT2D eigenvalue weighted by molar-refractivity contribution is 5.74. The summed E-state index contributed by atoms with van der Waals surface area (Å²) in [7, 11) is 0. The maximum atomic E-state index is 12.0. The van der Waals surface area contributed by atoms with Crippen LogP contribution in [-0.2, 0) is 0 Å². The van der Waals surface area contributed by atoms with Crippen molar-refractivity contribution in [1.82, 2.24) is 10.2 Å². The van der Waals surface area contributed by atoms with Crippen molar-refractivity contribution in [1.29, 1.82) is 0 Å². The van der Waals surface area contributed by atoms with E-state index in [0.717, 1.165) is 37.6 Å². The third kappa shape index (κ3) is 4.66. The first-order valence-electron chi connectivity index (χ1n) is 7.79. The molecule has 0 unspecified atom stereocenters. The highest BCUT2D eigenvalue weighted by atomic mass is 16.5. The number of nitrogens with one attached hydrogen (secondary N) is 1. The molecule has 1 fully saturated rings. The summed E-state index contributed by atoms with van der Waals surface area (Å²) in [4.78, 5) is 13.9. The van der Waals surface area contributed by atoms with Gasteiger partial charge in [0.05, 0.1) is 6.54 Å². The summed E-state index contributed by atoms with van der Waals surface area (Å²) >= 11 is 0. The van der Waals surface area contributed by atoms with Crippen molar-refractivity contribution in [2.45, 2.75) is 33.6 Å². The number of benzene rings is 1. The van der Waals surface area contributed by atoms with Crippen molar-refractivity contribution in [3.05, 3.63) is 29.3 Å². The normalized spacial score (nSPS) is 15.9. The van der Waals surface area contributed by atoms with Crippen LogP contribution in [0.3, 0.4) is 0 Å². The fraction of sp³-hybridized carbons (Fsp3) is 0.588. The van der Waals surface area contributed by atoms with E-state index in [1.807, 2.05) is 17.0 Å². The Morgan fingerprint density at radius 1 is 1.29 bits per heavy atom. The van der Waals surface area contributed by atoms with Gasteiger partial charge in [-0.05, 0) is 55.9 Å². The van der Waals surface area contributed by atoms with Crippen LogP contribution < -0.4 is 10.1 Å². The fourth-order valence-corrected chi connectivity index (χ4v) is 2.45. The van der Waals surface area contributed by atoms with Gasteiger partial charge in [0.2, 0.25) is 0 Å². The zero-order valence-corrected chi connectivity index (χ0v) is 13.3. The van der Waals surface area contributed by atoms with Gasteiger partial charge in [-0.1, -0.05) is 13.0 Å². The number of nitrogens with zero attached hydrogens (tertiary/aromatic N) is 1. The van der Waals surface area contributed by atoms with Crippen LogP contribution in [0.15, 0.2) is 18.2 Å². The standard InChI is InChI=1S/C17H26N2O2/c1-13-6-9-19(10-7-13)17(20)18-8-11-21-16-5-4-14(2)15(3)12-16/h4-5,12-13H,6-11H2,1-3H3,(H,18,20). The molecule has 1 N–H and O–H groups in total. The van der Waals surface area contributed by atoms with Crippen molar-refractivity contribution in [2.75, 3.05) is 26.2 Å². The number of aryl methyl sites for hydroxylation is 2. The van der Waals surface area contributed by atoms with Crippen molar-refractivity contribution in [3.8, 4) is 5.75 Å². The Kier molecular flexibility index (Phi) is 5.48. The third-order valence-corrected chi connectivity index (χ3v) is 4.20. The van der Waals surface area contributed by atoms with Crippen molar-refractivity contribution >= 4 is 6.03 Å². The predicted octanol–water partition coefficient (Wildman–Crippen LogP) is 3.12. The molecule has 1 aliphatic heterocycles. The van der Waals surface area contributed by atoms with E-state index in [0.29, 0.717) is 13.2 Å². The SMILES string of the molecule is Cc1ccc(OCCNC(=O)N2CCC(C)CC2)cc1C. The summed E-state index contributed by atoms with van der Waals surface area (Å²) in [6, 6.07) is 6.09. The van der Waals surface area contributed by atoms with E-state index >= 15 is 0 Å². The van der Waals surface area contributed by atoms with Crippen molar-refractivity contribution < 1.29 is 9.53 Å². The van der Waals surface area contributed by atoms with E-state index in [2.05, 4.69) is 32.2 Å². The van der Waals surface area contributed by atoms with Gasteiger partial charge in [0.15, 0.2) is 0 Å². The average molecular weight is 290 g/mol. The lowest BCUT2D eigenvalue weighted by Crippen LogP contribution is -2.45. The first-order chi connectivity index (χ1) is 10.1. The Labute approximate surface area is 127 Å². The number of carbonyl (C=O) groups is 1. The molecule has 1 heterocycles. The maximum absolute atomic E-state index is 12.0. The summed E-state index contributed by atoms with van der Waals surface area (Å²) < 4.78 is 5.66. The Hall–Kier alpha value is -1.71. The Morgan fingerprint density at radius 3 is 2.67 bits per heavy atom. The average Bonchev–Trinajstić information content (AvgIpc) is 2.47. The molecule has 1 saturated heterocycles. The van der Waals surface area contributed by atoms with Gasteiger partial charge in [-0.3, -0.25) is 0 Å². The first kappa shape index (κ1) is 15.7. The largest absolute Gasteiger partial charge is 0.492 e. The molecule has 2 rings (SSSR count). The molecule has 1 aliphatic rings. The van der Waals surface area contributed by atoms with Crippen LogP contribution >= 0.6 is 0 Å². The second kappa shape index (κ2) is 7.34. The summed E-state index contributed by atoms with van der Waals surface area (Å²) in [5.74, 6) is 1.60. The predicted molar refractivity (Wildman–Crippen MR) is 84.8 cm³/mol. The van der Waals surface area contributed by atoms with Gasteiger partial charge in [-0.25, -0.2) is 4.79 Å². The quantitative estimate of drug-likeness (QED) is 0.866. The number of hydrogen-bond acceptors (Lipinski definition) is 2. The number of amides is 2. The van der Waals surface area contributed by atoms with Gasteiger partial charge in [-0.15, -0.1) is 0 Å². The Bertz CT molecular complexity index is 480. The molecule has 0 bridgehead atoms. The lowest BCUT2D eigenvalue weighted by molar-refractivity contribution is 0.172. The fourth-order valence-electron chi connectivity index (χ4n) is 2.45. The van der Waals surface area contributed by atoms with E-state index in [-0.39, 0.29) is 6.03 Å². The first-order valence-corrected chi connectivity index (χ1v) is 7.79. The molecule has 1 aromatic rings. The van der Waals surface area contributed by atoms with Gasteiger partial charge in [0.1, 0.15) is 12.4 Å². The topological polar surface area (TPSA) is 41.6 Å². The number of urea groups is 1. The monoisotopic (exact) mass is 290 g/mol. The summed E-state index contributed by atoms with van der Waals surface area (Å²) in [5.41, 5.74) is 2.48. The molecule has 1 aromatic carbocycles. The van der Waals surface area contributed by atoms with Crippen LogP contribution in [0.1, 0.15) is 30.9 Å². The molecular weight excluding hydrogens is 264 g/mol. The van der Waals surface area contributed by atoms with Gasteiger partial charge in [0.25, 0.3) is 0 Å². The molecule has 2 amide bonds. The molecule has 4 heteroatoms. The molecule has 0 aliphatic carbocycles. The summed E-state index contributed by atoms with van der Waals surface area (Å²) in [6.07, 6.45) is 2.21. The van der Waals surface area contributed by atoms with E-state index in [4.69, 9.17) is 4.74 Å². The zero-order chi connectivity index (χ0) is 15.2. The highest BCUT2D eigenvalue weighted by Crippen LogP contribution is 2.17. The minimum Gasteiger partial charge on any atom is -0.492 e. The number of piperidine rings is 1. The lowest BCUT2D eigenvalue weighted by Gasteiger charge is -2.30. The van der Waals surface area contributed by atoms with Crippen LogP contribution in [-0.4, -0.2) is 37.2 Å². The summed E-state index contributed by atoms with van der Waals surface area (Å²) in [6.45, 7) is 9.17. The highest BCUT2D eigenvalue weighted by Gasteiger charge is 2.19. The molecule has 21 heavy (non-hydrogen) atoms. The minimum absolute atomic E-state index is 0.0330. The molecule has 0 radical (unpaired) electrons. The van der Waals surface area contributed by atoms with E-state index < -0.39 is 0 Å². The number of hydrogen-bond donors (Lipinski definition) is 1. The smallest absolute Gasteiger partial charge is 0.317 e. The number of carbonyl (C=O) groups excluding carboxylic acids is 1. The number of rotatable bonds is 4. The van der Waals surface area contributed by atoms with Crippen LogP contribution in [0.4, 0.5) is 4.79 Å².